The first-order valence-corrected chi connectivity index (χ1v) is 5.57. The number of nitrogens with zero attached hydrogens (tertiary/aromatic N) is 3. The molecule has 1 aromatic heterocycles. The standard InChI is InChI=1S/C11H10ClN5O2/c1-19-8-4-6(2-3-7(8)9(13)18)16-11-15-5-14-10(12)17-11/h2-5H,1H3,(H2,13,18)(H,14,15,16,17). The summed E-state index contributed by atoms with van der Waals surface area (Å²) in [5, 5.41) is 2.99. The number of benzene rings is 1. The molecule has 19 heavy (non-hydrogen) atoms. The summed E-state index contributed by atoms with van der Waals surface area (Å²) in [6.07, 6.45) is 1.28. The van der Waals surface area contributed by atoms with Gasteiger partial charge in [0.1, 0.15) is 12.1 Å². The van der Waals surface area contributed by atoms with Crippen LogP contribution in [-0.2, 0) is 0 Å². The summed E-state index contributed by atoms with van der Waals surface area (Å²) < 4.78 is 5.09. The number of carbonyl (C=O) groups is 1. The topological polar surface area (TPSA) is 103 Å². The van der Waals surface area contributed by atoms with Gasteiger partial charge >= 0.3 is 0 Å². The number of rotatable bonds is 4. The minimum absolute atomic E-state index is 0.0817. The van der Waals surface area contributed by atoms with Crippen molar-refractivity contribution in [3.05, 3.63) is 35.4 Å². The van der Waals surface area contributed by atoms with E-state index in [1.54, 1.807) is 18.2 Å². The molecule has 0 saturated heterocycles. The van der Waals surface area contributed by atoms with E-state index >= 15 is 0 Å². The molecule has 7 nitrogen and oxygen atoms in total. The number of hydrogen-bond donors (Lipinski definition) is 2. The summed E-state index contributed by atoms with van der Waals surface area (Å²) >= 11 is 5.65. The molecule has 0 aliphatic carbocycles. The maximum Gasteiger partial charge on any atom is 0.252 e. The number of nitrogens with one attached hydrogen (secondary N) is 1. The number of methoxy groups -OCH3 is 1. The highest BCUT2D eigenvalue weighted by Crippen LogP contribution is 2.24. The van der Waals surface area contributed by atoms with Gasteiger partial charge in [-0.2, -0.15) is 4.98 Å². The molecule has 2 rings (SSSR count). The van der Waals surface area contributed by atoms with Gasteiger partial charge in [-0.25, -0.2) is 9.97 Å². The fourth-order valence-electron chi connectivity index (χ4n) is 1.44. The Morgan fingerprint density at radius 2 is 2.21 bits per heavy atom. The van der Waals surface area contributed by atoms with Gasteiger partial charge in [-0.15, -0.1) is 0 Å². The van der Waals surface area contributed by atoms with Crippen LogP contribution in [0.25, 0.3) is 0 Å². The van der Waals surface area contributed by atoms with Crippen LogP contribution in [0.15, 0.2) is 24.5 Å². The lowest BCUT2D eigenvalue weighted by Gasteiger charge is -2.09. The molecule has 98 valence electrons. The predicted octanol–water partition coefficient (Wildman–Crippen LogP) is 1.38. The molecular weight excluding hydrogens is 270 g/mol. The van der Waals surface area contributed by atoms with Crippen LogP contribution >= 0.6 is 11.6 Å². The van der Waals surface area contributed by atoms with Gasteiger partial charge in [-0.05, 0) is 23.7 Å². The van der Waals surface area contributed by atoms with Crippen LogP contribution in [0.1, 0.15) is 10.4 Å². The van der Waals surface area contributed by atoms with E-state index in [4.69, 9.17) is 22.1 Å². The highest BCUT2D eigenvalue weighted by Gasteiger charge is 2.10. The lowest BCUT2D eigenvalue weighted by Crippen LogP contribution is -2.12. The molecule has 1 aromatic carbocycles. The smallest absolute Gasteiger partial charge is 0.252 e. The third-order valence-corrected chi connectivity index (χ3v) is 2.45. The van der Waals surface area contributed by atoms with Crippen LogP contribution in [0.3, 0.4) is 0 Å². The third kappa shape index (κ3) is 3.08. The molecule has 8 heteroatoms. The Morgan fingerprint density at radius 1 is 1.42 bits per heavy atom. The summed E-state index contributed by atoms with van der Waals surface area (Å²) in [4.78, 5) is 22.6. The van der Waals surface area contributed by atoms with Gasteiger partial charge in [0.15, 0.2) is 0 Å². The average molecular weight is 280 g/mol. The van der Waals surface area contributed by atoms with E-state index in [1.165, 1.54) is 13.4 Å². The summed E-state index contributed by atoms with van der Waals surface area (Å²) in [5.74, 6) is 0.0816. The molecule has 0 aliphatic rings. The lowest BCUT2D eigenvalue weighted by atomic mass is 10.1. The Morgan fingerprint density at radius 3 is 2.84 bits per heavy atom. The molecule has 2 aromatic rings. The van der Waals surface area contributed by atoms with Gasteiger partial charge in [0, 0.05) is 11.8 Å². The van der Waals surface area contributed by atoms with Gasteiger partial charge in [-0.3, -0.25) is 4.79 Å². The Bertz CT molecular complexity index is 620. The zero-order valence-corrected chi connectivity index (χ0v) is 10.7. The Labute approximate surface area is 113 Å². The number of ether oxygens (including phenoxy) is 1. The van der Waals surface area contributed by atoms with Crippen molar-refractivity contribution in [1.82, 2.24) is 15.0 Å². The number of anilines is 2. The largest absolute Gasteiger partial charge is 0.496 e. The lowest BCUT2D eigenvalue weighted by molar-refractivity contribution is 0.0997. The van der Waals surface area contributed by atoms with Gasteiger partial charge in [-0.1, -0.05) is 0 Å². The van der Waals surface area contributed by atoms with E-state index in [0.717, 1.165) is 0 Å². The van der Waals surface area contributed by atoms with Crippen molar-refractivity contribution in [2.45, 2.75) is 0 Å². The van der Waals surface area contributed by atoms with E-state index in [1.807, 2.05) is 0 Å². The van der Waals surface area contributed by atoms with Crippen LogP contribution in [0.2, 0.25) is 5.28 Å². The van der Waals surface area contributed by atoms with Crippen molar-refractivity contribution in [1.29, 1.82) is 0 Å². The maximum absolute atomic E-state index is 11.2. The highest BCUT2D eigenvalue weighted by atomic mass is 35.5. The van der Waals surface area contributed by atoms with Crippen LogP contribution in [0.5, 0.6) is 5.75 Å². The monoisotopic (exact) mass is 279 g/mol. The Kier molecular flexibility index (Phi) is 3.76. The second-order valence-electron chi connectivity index (χ2n) is 3.48. The molecule has 0 radical (unpaired) electrons. The van der Waals surface area contributed by atoms with E-state index in [-0.39, 0.29) is 11.2 Å². The molecule has 0 aliphatic heterocycles. The van der Waals surface area contributed by atoms with Gasteiger partial charge in [0.25, 0.3) is 5.91 Å². The molecular formula is C11H10ClN5O2. The number of hydrogen-bond acceptors (Lipinski definition) is 6. The zero-order valence-electron chi connectivity index (χ0n) is 9.92. The zero-order chi connectivity index (χ0) is 13.8. The molecule has 0 unspecified atom stereocenters. The molecule has 0 spiro atoms. The molecule has 1 heterocycles. The molecule has 0 bridgehead atoms. The van der Waals surface area contributed by atoms with Crippen LogP contribution in [-0.4, -0.2) is 28.0 Å². The third-order valence-electron chi connectivity index (χ3n) is 2.27. The second-order valence-corrected chi connectivity index (χ2v) is 3.82. The average Bonchev–Trinajstić information content (AvgIpc) is 2.38. The summed E-state index contributed by atoms with van der Waals surface area (Å²) in [6.45, 7) is 0. The minimum Gasteiger partial charge on any atom is -0.496 e. The van der Waals surface area contributed by atoms with Crippen molar-refractivity contribution in [3.8, 4) is 5.75 Å². The first-order chi connectivity index (χ1) is 9.10. The van der Waals surface area contributed by atoms with E-state index in [0.29, 0.717) is 17.0 Å². The van der Waals surface area contributed by atoms with Gasteiger partial charge in [0.2, 0.25) is 11.2 Å². The molecule has 0 fully saturated rings. The van der Waals surface area contributed by atoms with Gasteiger partial charge in [0.05, 0.1) is 12.7 Å². The number of nitrogens with two attached hydrogens (primary N) is 1. The van der Waals surface area contributed by atoms with Crippen LogP contribution in [0.4, 0.5) is 11.6 Å². The number of halogens is 1. The molecule has 0 atom stereocenters. The highest BCUT2D eigenvalue weighted by molar-refractivity contribution is 6.28. The van der Waals surface area contributed by atoms with Crippen molar-refractivity contribution in [2.24, 2.45) is 5.73 Å². The normalized spacial score (nSPS) is 10.0. The van der Waals surface area contributed by atoms with E-state index < -0.39 is 5.91 Å². The van der Waals surface area contributed by atoms with Crippen molar-refractivity contribution in [2.75, 3.05) is 12.4 Å². The minimum atomic E-state index is -0.563. The molecule has 0 saturated carbocycles. The van der Waals surface area contributed by atoms with Crippen molar-refractivity contribution in [3.63, 3.8) is 0 Å². The fourth-order valence-corrected chi connectivity index (χ4v) is 1.56. The van der Waals surface area contributed by atoms with Crippen LogP contribution < -0.4 is 15.8 Å². The van der Waals surface area contributed by atoms with Crippen molar-refractivity contribution >= 4 is 29.1 Å². The second kappa shape index (κ2) is 5.49. The number of primary amides is 1. The summed E-state index contributed by atoms with van der Waals surface area (Å²) in [6, 6.07) is 4.81. The van der Waals surface area contributed by atoms with Gasteiger partial charge < -0.3 is 15.8 Å². The Hall–Kier alpha value is -2.41. The van der Waals surface area contributed by atoms with Crippen LogP contribution in [0, 0.1) is 0 Å². The Balaban J connectivity index is 2.29. The number of aromatic nitrogens is 3. The number of carbonyl (C=O) groups excluding carboxylic acids is 1. The van der Waals surface area contributed by atoms with Crippen molar-refractivity contribution < 1.29 is 9.53 Å². The first kappa shape index (κ1) is 13.0. The SMILES string of the molecule is COc1cc(Nc2ncnc(Cl)n2)ccc1C(N)=O. The number of amides is 1. The quantitative estimate of drug-likeness (QED) is 0.876. The predicted molar refractivity (Wildman–Crippen MR) is 69.6 cm³/mol. The van der Waals surface area contributed by atoms with E-state index in [2.05, 4.69) is 20.3 Å². The molecule has 3 N–H and O–H groups in total. The van der Waals surface area contributed by atoms with E-state index in [9.17, 15) is 4.79 Å². The fraction of sp³-hybridized carbons (Fsp3) is 0.0909. The molecule has 1 amide bonds. The first-order valence-electron chi connectivity index (χ1n) is 5.19. The maximum atomic E-state index is 11.2. The summed E-state index contributed by atoms with van der Waals surface area (Å²) in [5.41, 5.74) is 6.14. The summed E-state index contributed by atoms with van der Waals surface area (Å²) in [7, 11) is 1.45.